The molecule has 0 amide bonds. The third-order valence-electron chi connectivity index (χ3n) is 4.25. The van der Waals surface area contributed by atoms with Crippen LogP contribution in [0, 0.1) is 6.92 Å². The Bertz CT molecular complexity index is 580. The number of nitrogens with zero attached hydrogens (tertiary/aromatic N) is 4. The van der Waals surface area contributed by atoms with E-state index in [0.717, 1.165) is 5.69 Å². The highest BCUT2D eigenvalue weighted by atomic mass is 15.4. The van der Waals surface area contributed by atoms with Crippen LogP contribution in [0.4, 0.5) is 0 Å². The van der Waals surface area contributed by atoms with E-state index in [2.05, 4.69) is 40.3 Å². The molecule has 2 aliphatic rings. The maximum absolute atomic E-state index is 4.10. The summed E-state index contributed by atoms with van der Waals surface area (Å²) in [6.07, 6.45) is 6.23. The molecule has 4 rings (SSSR count). The Morgan fingerprint density at radius 1 is 1.22 bits per heavy atom. The molecule has 0 bridgehead atoms. The van der Waals surface area contributed by atoms with Gasteiger partial charge in [-0.1, -0.05) is 17.3 Å². The van der Waals surface area contributed by atoms with E-state index in [0.29, 0.717) is 5.54 Å². The number of benzene rings is 1. The normalized spacial score (nSPS) is 20.9. The van der Waals surface area contributed by atoms with Crippen molar-refractivity contribution in [2.75, 3.05) is 13.1 Å². The quantitative estimate of drug-likeness (QED) is 0.768. The van der Waals surface area contributed by atoms with Gasteiger partial charge in [-0.3, -0.25) is 4.90 Å². The molecule has 18 heavy (non-hydrogen) atoms. The standard InChI is InChI=1S/C14H16N4/c1-11-12(14(5-6-14)17-9-10-17)3-2-4-13(11)18-8-7-15-16-18/h2-4,7-8H,5-6,9-10H2,1H3. The highest BCUT2D eigenvalue weighted by Crippen LogP contribution is 2.54. The topological polar surface area (TPSA) is 33.7 Å². The molecule has 4 heteroatoms. The number of rotatable bonds is 3. The summed E-state index contributed by atoms with van der Waals surface area (Å²) in [5, 5.41) is 8.00. The molecule has 92 valence electrons. The summed E-state index contributed by atoms with van der Waals surface area (Å²) >= 11 is 0. The van der Waals surface area contributed by atoms with Crippen molar-refractivity contribution in [3.8, 4) is 5.69 Å². The molecule has 1 aliphatic carbocycles. The van der Waals surface area contributed by atoms with E-state index in [1.165, 1.54) is 37.1 Å². The number of aromatic nitrogens is 3. The Balaban J connectivity index is 1.83. The molecule has 1 aromatic heterocycles. The molecule has 0 atom stereocenters. The van der Waals surface area contributed by atoms with Gasteiger partial charge in [-0.25, -0.2) is 4.68 Å². The highest BCUT2D eigenvalue weighted by molar-refractivity contribution is 5.49. The smallest absolute Gasteiger partial charge is 0.0697 e. The van der Waals surface area contributed by atoms with Crippen molar-refractivity contribution in [2.45, 2.75) is 25.3 Å². The van der Waals surface area contributed by atoms with Crippen LogP contribution in [0.5, 0.6) is 0 Å². The Kier molecular flexibility index (Phi) is 1.95. The van der Waals surface area contributed by atoms with Crippen LogP contribution in [0.2, 0.25) is 0 Å². The van der Waals surface area contributed by atoms with Crippen LogP contribution in [-0.4, -0.2) is 33.0 Å². The van der Waals surface area contributed by atoms with E-state index in [1.54, 1.807) is 6.20 Å². The highest BCUT2D eigenvalue weighted by Gasteiger charge is 2.54. The molecule has 0 unspecified atom stereocenters. The van der Waals surface area contributed by atoms with E-state index < -0.39 is 0 Å². The van der Waals surface area contributed by atoms with Gasteiger partial charge in [0.25, 0.3) is 0 Å². The Morgan fingerprint density at radius 3 is 2.67 bits per heavy atom. The minimum atomic E-state index is 0.348. The van der Waals surface area contributed by atoms with Crippen molar-refractivity contribution in [3.05, 3.63) is 41.7 Å². The summed E-state index contributed by atoms with van der Waals surface area (Å²) in [6.45, 7) is 4.72. The minimum Gasteiger partial charge on any atom is -0.291 e. The first-order valence-electron chi connectivity index (χ1n) is 6.53. The van der Waals surface area contributed by atoms with Crippen LogP contribution in [0.1, 0.15) is 24.0 Å². The fourth-order valence-electron chi connectivity index (χ4n) is 3.06. The van der Waals surface area contributed by atoms with Gasteiger partial charge in [0.1, 0.15) is 0 Å². The van der Waals surface area contributed by atoms with Crippen LogP contribution in [0.3, 0.4) is 0 Å². The minimum absolute atomic E-state index is 0.348. The van der Waals surface area contributed by atoms with Crippen molar-refractivity contribution in [2.24, 2.45) is 0 Å². The van der Waals surface area contributed by atoms with Gasteiger partial charge in [-0.05, 0) is 37.0 Å². The van der Waals surface area contributed by atoms with Gasteiger partial charge >= 0.3 is 0 Å². The Hall–Kier alpha value is -1.68. The van der Waals surface area contributed by atoms with Crippen LogP contribution < -0.4 is 0 Å². The first-order chi connectivity index (χ1) is 8.81. The molecule has 1 saturated heterocycles. The lowest BCUT2D eigenvalue weighted by Crippen LogP contribution is -2.20. The molecule has 0 radical (unpaired) electrons. The van der Waals surface area contributed by atoms with Gasteiger partial charge in [0.15, 0.2) is 0 Å². The summed E-state index contributed by atoms with van der Waals surface area (Å²) in [7, 11) is 0. The molecule has 1 aliphatic heterocycles. The fourth-order valence-corrected chi connectivity index (χ4v) is 3.06. The summed E-state index contributed by atoms with van der Waals surface area (Å²) in [5.41, 5.74) is 4.32. The lowest BCUT2D eigenvalue weighted by atomic mass is 9.97. The third-order valence-corrected chi connectivity index (χ3v) is 4.25. The molecule has 2 fully saturated rings. The second-order valence-electron chi connectivity index (χ2n) is 5.32. The second kappa shape index (κ2) is 3.42. The third kappa shape index (κ3) is 1.35. The lowest BCUT2D eigenvalue weighted by Gasteiger charge is -2.21. The SMILES string of the molecule is Cc1c(-n2ccnn2)cccc1C1(N2CC2)CC1. The van der Waals surface area contributed by atoms with Gasteiger partial charge < -0.3 is 0 Å². The molecular formula is C14H16N4. The van der Waals surface area contributed by atoms with Crippen LogP contribution in [-0.2, 0) is 5.54 Å². The average Bonchev–Trinajstić information content (AvgIpc) is 3.28. The molecule has 4 nitrogen and oxygen atoms in total. The monoisotopic (exact) mass is 240 g/mol. The van der Waals surface area contributed by atoms with Gasteiger partial charge in [-0.2, -0.15) is 0 Å². The van der Waals surface area contributed by atoms with E-state index in [9.17, 15) is 0 Å². The zero-order valence-corrected chi connectivity index (χ0v) is 10.5. The zero-order chi connectivity index (χ0) is 12.2. The van der Waals surface area contributed by atoms with Crippen molar-refractivity contribution in [1.29, 1.82) is 0 Å². The second-order valence-corrected chi connectivity index (χ2v) is 5.32. The molecular weight excluding hydrogens is 224 g/mol. The van der Waals surface area contributed by atoms with E-state index in [1.807, 2.05) is 10.9 Å². The molecule has 0 N–H and O–H groups in total. The first kappa shape index (κ1) is 10.3. The van der Waals surface area contributed by atoms with Gasteiger partial charge in [0.2, 0.25) is 0 Å². The predicted molar refractivity (Wildman–Crippen MR) is 68.6 cm³/mol. The van der Waals surface area contributed by atoms with Gasteiger partial charge in [0.05, 0.1) is 18.1 Å². The summed E-state index contributed by atoms with van der Waals surface area (Å²) in [4.78, 5) is 2.58. The van der Waals surface area contributed by atoms with Crippen molar-refractivity contribution in [3.63, 3.8) is 0 Å². The van der Waals surface area contributed by atoms with E-state index in [-0.39, 0.29) is 0 Å². The average molecular weight is 240 g/mol. The van der Waals surface area contributed by atoms with Gasteiger partial charge in [0, 0.05) is 18.6 Å². The van der Waals surface area contributed by atoms with Crippen LogP contribution in [0.15, 0.2) is 30.6 Å². The summed E-state index contributed by atoms with van der Waals surface area (Å²) in [5.74, 6) is 0. The van der Waals surface area contributed by atoms with E-state index in [4.69, 9.17) is 0 Å². The fraction of sp³-hybridized carbons (Fsp3) is 0.429. The molecule has 2 heterocycles. The Labute approximate surface area is 106 Å². The zero-order valence-electron chi connectivity index (χ0n) is 10.5. The molecule has 1 aromatic carbocycles. The summed E-state index contributed by atoms with van der Waals surface area (Å²) in [6, 6.07) is 6.54. The largest absolute Gasteiger partial charge is 0.291 e. The molecule has 0 spiro atoms. The summed E-state index contributed by atoms with van der Waals surface area (Å²) < 4.78 is 1.86. The first-order valence-corrected chi connectivity index (χ1v) is 6.53. The van der Waals surface area contributed by atoms with Crippen LogP contribution >= 0.6 is 0 Å². The maximum Gasteiger partial charge on any atom is 0.0697 e. The van der Waals surface area contributed by atoms with Crippen molar-refractivity contribution in [1.82, 2.24) is 19.9 Å². The lowest BCUT2D eigenvalue weighted by molar-refractivity contribution is 0.386. The van der Waals surface area contributed by atoms with Crippen molar-refractivity contribution >= 4 is 0 Å². The maximum atomic E-state index is 4.10. The molecule has 1 saturated carbocycles. The Morgan fingerprint density at radius 2 is 2.06 bits per heavy atom. The predicted octanol–water partition coefficient (Wildman–Crippen LogP) is 1.88. The number of hydrogen-bond donors (Lipinski definition) is 0. The van der Waals surface area contributed by atoms with Gasteiger partial charge in [-0.15, -0.1) is 5.10 Å². The van der Waals surface area contributed by atoms with Crippen LogP contribution in [0.25, 0.3) is 5.69 Å². The van der Waals surface area contributed by atoms with Crippen molar-refractivity contribution < 1.29 is 0 Å². The van der Waals surface area contributed by atoms with E-state index >= 15 is 0 Å². The molecule has 2 aromatic rings. The number of hydrogen-bond acceptors (Lipinski definition) is 3.